The number of halogens is 1. The smallest absolute Gasteiger partial charge is 0.254 e. The number of benzene rings is 1. The Morgan fingerprint density at radius 3 is 2.76 bits per heavy atom. The second-order valence-electron chi connectivity index (χ2n) is 4.25. The van der Waals surface area contributed by atoms with Gasteiger partial charge in [-0.05, 0) is 42.4 Å². The van der Waals surface area contributed by atoms with E-state index in [1.165, 1.54) is 23.6 Å². The Morgan fingerprint density at radius 1 is 1.35 bits per heavy atom. The lowest BCUT2D eigenvalue weighted by atomic mass is 10.0. The van der Waals surface area contributed by atoms with Gasteiger partial charge in [0, 0.05) is 6.54 Å². The first-order valence-electron chi connectivity index (χ1n) is 5.88. The fourth-order valence-corrected chi connectivity index (χ4v) is 3.13. The van der Waals surface area contributed by atoms with E-state index in [9.17, 15) is 9.18 Å². The largest absolute Gasteiger partial charge is 0.352 e. The van der Waals surface area contributed by atoms with Crippen LogP contribution in [0, 0.1) is 11.7 Å². The van der Waals surface area contributed by atoms with Crippen molar-refractivity contribution in [2.24, 2.45) is 5.92 Å². The summed E-state index contributed by atoms with van der Waals surface area (Å²) in [6, 6.07) is 6.09. The fraction of sp³-hybridized carbons (Fsp3) is 0.462. The summed E-state index contributed by atoms with van der Waals surface area (Å²) in [4.78, 5) is 11.8. The quantitative estimate of drug-likeness (QED) is 0.897. The van der Waals surface area contributed by atoms with Crippen molar-refractivity contribution in [3.05, 3.63) is 35.6 Å². The molecule has 4 heteroatoms. The van der Waals surface area contributed by atoms with E-state index in [0.717, 1.165) is 12.8 Å². The van der Waals surface area contributed by atoms with Gasteiger partial charge in [-0.15, -0.1) is 0 Å². The van der Waals surface area contributed by atoms with Crippen molar-refractivity contribution >= 4 is 17.7 Å². The zero-order valence-electron chi connectivity index (χ0n) is 9.62. The van der Waals surface area contributed by atoms with Crippen LogP contribution in [0.15, 0.2) is 24.3 Å². The number of carbonyl (C=O) groups is 1. The van der Waals surface area contributed by atoms with Crippen molar-refractivity contribution in [3.63, 3.8) is 0 Å². The highest BCUT2D eigenvalue weighted by Crippen LogP contribution is 2.21. The van der Waals surface area contributed by atoms with Gasteiger partial charge in [-0.2, -0.15) is 11.8 Å². The Bertz CT molecular complexity index is 391. The predicted molar refractivity (Wildman–Crippen MR) is 68.8 cm³/mol. The third-order valence-electron chi connectivity index (χ3n) is 3.01. The zero-order chi connectivity index (χ0) is 12.1. The molecule has 1 N–H and O–H groups in total. The van der Waals surface area contributed by atoms with E-state index in [4.69, 9.17) is 0 Å². The zero-order valence-corrected chi connectivity index (χ0v) is 10.4. The van der Waals surface area contributed by atoms with Gasteiger partial charge in [0.15, 0.2) is 0 Å². The Labute approximate surface area is 105 Å². The molecule has 1 aliphatic rings. The molecule has 1 heterocycles. The lowest BCUT2D eigenvalue weighted by molar-refractivity contribution is 0.0942. The van der Waals surface area contributed by atoms with Crippen LogP contribution in [-0.2, 0) is 0 Å². The molecule has 0 spiro atoms. The predicted octanol–water partition coefficient (Wildman–Crippen LogP) is 2.70. The van der Waals surface area contributed by atoms with E-state index < -0.39 is 5.82 Å². The molecule has 1 aliphatic heterocycles. The molecular weight excluding hydrogens is 237 g/mol. The average molecular weight is 253 g/mol. The summed E-state index contributed by atoms with van der Waals surface area (Å²) < 4.78 is 13.3. The Morgan fingerprint density at radius 2 is 2.06 bits per heavy atom. The van der Waals surface area contributed by atoms with Gasteiger partial charge in [-0.25, -0.2) is 4.39 Å². The van der Waals surface area contributed by atoms with Crippen molar-refractivity contribution in [3.8, 4) is 0 Å². The molecule has 0 atom stereocenters. The maximum absolute atomic E-state index is 13.3. The van der Waals surface area contributed by atoms with Gasteiger partial charge in [0.2, 0.25) is 0 Å². The lowest BCUT2D eigenvalue weighted by Gasteiger charge is -2.21. The molecular formula is C13H16FNOS. The molecule has 1 saturated heterocycles. The molecule has 0 saturated carbocycles. The Balaban J connectivity index is 1.87. The van der Waals surface area contributed by atoms with Gasteiger partial charge in [0.1, 0.15) is 5.82 Å². The normalized spacial score (nSPS) is 16.8. The number of hydrogen-bond donors (Lipinski definition) is 1. The topological polar surface area (TPSA) is 29.1 Å². The van der Waals surface area contributed by atoms with Crippen LogP contribution in [-0.4, -0.2) is 24.0 Å². The van der Waals surface area contributed by atoms with Crippen molar-refractivity contribution < 1.29 is 9.18 Å². The average Bonchev–Trinajstić information content (AvgIpc) is 2.38. The molecule has 2 rings (SSSR count). The maximum atomic E-state index is 13.3. The molecule has 92 valence electrons. The number of nitrogens with one attached hydrogen (secondary N) is 1. The van der Waals surface area contributed by atoms with Crippen LogP contribution in [0.5, 0.6) is 0 Å². The number of thioether (sulfide) groups is 1. The van der Waals surface area contributed by atoms with Crippen molar-refractivity contribution in [2.45, 2.75) is 12.8 Å². The summed E-state index contributed by atoms with van der Waals surface area (Å²) >= 11 is 1.96. The Hall–Kier alpha value is -1.03. The molecule has 1 aromatic carbocycles. The van der Waals surface area contributed by atoms with E-state index in [-0.39, 0.29) is 11.5 Å². The maximum Gasteiger partial charge on any atom is 0.254 e. The summed E-state index contributed by atoms with van der Waals surface area (Å²) in [7, 11) is 0. The summed E-state index contributed by atoms with van der Waals surface area (Å²) in [5, 5.41) is 2.82. The third kappa shape index (κ3) is 3.46. The van der Waals surface area contributed by atoms with Crippen LogP contribution in [0.2, 0.25) is 0 Å². The molecule has 1 aromatic rings. The number of hydrogen-bond acceptors (Lipinski definition) is 2. The molecule has 1 fully saturated rings. The molecule has 1 amide bonds. The number of rotatable bonds is 3. The van der Waals surface area contributed by atoms with Crippen molar-refractivity contribution in [1.82, 2.24) is 5.32 Å². The SMILES string of the molecule is O=C(NCC1CCSCC1)c1ccccc1F. The van der Waals surface area contributed by atoms with Crippen LogP contribution in [0.25, 0.3) is 0 Å². The summed E-state index contributed by atoms with van der Waals surface area (Å²) in [5.41, 5.74) is 0.137. The molecule has 0 aliphatic carbocycles. The van der Waals surface area contributed by atoms with Gasteiger partial charge in [0.05, 0.1) is 5.56 Å². The van der Waals surface area contributed by atoms with Crippen LogP contribution in [0.4, 0.5) is 4.39 Å². The van der Waals surface area contributed by atoms with Crippen LogP contribution in [0.3, 0.4) is 0 Å². The second-order valence-corrected chi connectivity index (χ2v) is 5.47. The van der Waals surface area contributed by atoms with E-state index >= 15 is 0 Å². The summed E-state index contributed by atoms with van der Waals surface area (Å²) in [6.45, 7) is 0.660. The fourth-order valence-electron chi connectivity index (χ4n) is 1.93. The van der Waals surface area contributed by atoms with E-state index in [0.29, 0.717) is 12.5 Å². The van der Waals surface area contributed by atoms with Gasteiger partial charge in [-0.3, -0.25) is 4.79 Å². The first-order valence-corrected chi connectivity index (χ1v) is 7.03. The van der Waals surface area contributed by atoms with Crippen LogP contribution >= 0.6 is 11.8 Å². The summed E-state index contributed by atoms with van der Waals surface area (Å²) in [6.07, 6.45) is 2.28. The van der Waals surface area contributed by atoms with Gasteiger partial charge in [-0.1, -0.05) is 12.1 Å². The van der Waals surface area contributed by atoms with Crippen LogP contribution < -0.4 is 5.32 Å². The molecule has 17 heavy (non-hydrogen) atoms. The molecule has 0 aromatic heterocycles. The third-order valence-corrected chi connectivity index (χ3v) is 4.06. The molecule has 0 radical (unpaired) electrons. The summed E-state index contributed by atoms with van der Waals surface area (Å²) in [5.74, 6) is 2.12. The van der Waals surface area contributed by atoms with Gasteiger partial charge in [0.25, 0.3) is 5.91 Å². The van der Waals surface area contributed by atoms with Crippen molar-refractivity contribution in [2.75, 3.05) is 18.1 Å². The Kier molecular flexibility index (Phi) is 4.42. The standard InChI is InChI=1S/C13H16FNOS/c14-12-4-2-1-3-11(12)13(16)15-9-10-5-7-17-8-6-10/h1-4,10H,5-9H2,(H,15,16). The lowest BCUT2D eigenvalue weighted by Crippen LogP contribution is -2.31. The minimum atomic E-state index is -0.454. The van der Waals surface area contributed by atoms with Crippen LogP contribution in [0.1, 0.15) is 23.2 Å². The molecule has 0 unspecified atom stereocenters. The first-order chi connectivity index (χ1) is 8.27. The molecule has 2 nitrogen and oxygen atoms in total. The van der Waals surface area contributed by atoms with E-state index in [2.05, 4.69) is 5.32 Å². The monoisotopic (exact) mass is 253 g/mol. The highest BCUT2D eigenvalue weighted by molar-refractivity contribution is 7.99. The second kappa shape index (κ2) is 6.05. The van der Waals surface area contributed by atoms with E-state index in [1.54, 1.807) is 12.1 Å². The minimum Gasteiger partial charge on any atom is -0.352 e. The minimum absolute atomic E-state index is 0.137. The van der Waals surface area contributed by atoms with E-state index in [1.807, 2.05) is 11.8 Å². The van der Waals surface area contributed by atoms with Gasteiger partial charge < -0.3 is 5.32 Å². The first kappa shape index (κ1) is 12.4. The highest BCUT2D eigenvalue weighted by Gasteiger charge is 2.16. The van der Waals surface area contributed by atoms with Crippen molar-refractivity contribution in [1.29, 1.82) is 0 Å². The molecule has 0 bridgehead atoms. The van der Waals surface area contributed by atoms with Gasteiger partial charge >= 0.3 is 0 Å². The number of amides is 1. The number of carbonyl (C=O) groups excluding carboxylic acids is 1. The highest BCUT2D eigenvalue weighted by atomic mass is 32.2.